The summed E-state index contributed by atoms with van der Waals surface area (Å²) >= 11 is 0. The minimum Gasteiger partial charge on any atom is -0.496 e. The Kier molecular flexibility index (Phi) is 5.02. The van der Waals surface area contributed by atoms with Gasteiger partial charge in [0.2, 0.25) is 0 Å². The first-order valence-electron chi connectivity index (χ1n) is 6.00. The summed E-state index contributed by atoms with van der Waals surface area (Å²) in [6.07, 6.45) is 0.854. The van der Waals surface area contributed by atoms with Gasteiger partial charge in [-0.05, 0) is 24.1 Å². The van der Waals surface area contributed by atoms with Gasteiger partial charge in [0.25, 0.3) is 0 Å². The maximum Gasteiger partial charge on any atom is 0.154 e. The predicted molar refractivity (Wildman–Crippen MR) is 74.4 cm³/mol. The van der Waals surface area contributed by atoms with Crippen LogP contribution in [0.5, 0.6) is 5.75 Å². The van der Waals surface area contributed by atoms with Crippen molar-refractivity contribution in [1.82, 2.24) is 0 Å². The molecule has 1 unspecified atom stereocenters. The van der Waals surface area contributed by atoms with Crippen molar-refractivity contribution in [1.29, 1.82) is 0 Å². The Balaban J connectivity index is 2.93. The summed E-state index contributed by atoms with van der Waals surface area (Å²) in [7, 11) is -1.61. The number of benzene rings is 1. The van der Waals surface area contributed by atoms with Gasteiger partial charge in [0.15, 0.2) is 9.84 Å². The predicted octanol–water partition coefficient (Wildman–Crippen LogP) is 2.24. The number of ether oxygens (including phenoxy) is 1. The molecule has 0 amide bonds. The molecule has 0 aromatic heterocycles. The molecule has 0 radical (unpaired) electrons. The van der Waals surface area contributed by atoms with Gasteiger partial charge in [-0.15, -0.1) is 0 Å². The van der Waals surface area contributed by atoms with Crippen LogP contribution in [0.15, 0.2) is 18.2 Å². The van der Waals surface area contributed by atoms with Crippen LogP contribution in [-0.2, 0) is 15.6 Å². The Labute approximate surface area is 109 Å². The lowest BCUT2D eigenvalue weighted by Gasteiger charge is -2.12. The molecule has 2 N–H and O–H groups in total. The van der Waals surface area contributed by atoms with E-state index < -0.39 is 9.84 Å². The Bertz CT molecular complexity index is 497. The third-order valence-corrected chi connectivity index (χ3v) is 4.74. The van der Waals surface area contributed by atoms with Crippen molar-refractivity contribution in [2.45, 2.75) is 26.0 Å². The zero-order chi connectivity index (χ0) is 13.8. The van der Waals surface area contributed by atoms with Crippen molar-refractivity contribution in [2.24, 2.45) is 5.92 Å². The molecular formula is C13H21NO3S. The first-order valence-corrected chi connectivity index (χ1v) is 7.83. The van der Waals surface area contributed by atoms with Crippen molar-refractivity contribution in [2.75, 3.05) is 18.6 Å². The fraction of sp³-hybridized carbons (Fsp3) is 0.538. The van der Waals surface area contributed by atoms with Crippen LogP contribution in [0.3, 0.4) is 0 Å². The molecule has 4 nitrogen and oxygen atoms in total. The summed E-state index contributed by atoms with van der Waals surface area (Å²) in [4.78, 5) is 0. The van der Waals surface area contributed by atoms with Gasteiger partial charge in [-0.2, -0.15) is 0 Å². The Hall–Kier alpha value is -1.23. The molecule has 0 aliphatic rings. The Morgan fingerprint density at radius 1 is 1.39 bits per heavy atom. The largest absolute Gasteiger partial charge is 0.496 e. The van der Waals surface area contributed by atoms with E-state index in [1.54, 1.807) is 18.2 Å². The maximum absolute atomic E-state index is 12.1. The summed E-state index contributed by atoms with van der Waals surface area (Å²) in [6.45, 7) is 3.93. The van der Waals surface area contributed by atoms with Crippen molar-refractivity contribution in [3.05, 3.63) is 23.8 Å². The number of methoxy groups -OCH3 is 1. The molecule has 0 spiro atoms. The van der Waals surface area contributed by atoms with Gasteiger partial charge >= 0.3 is 0 Å². The molecule has 18 heavy (non-hydrogen) atoms. The Morgan fingerprint density at radius 2 is 2.06 bits per heavy atom. The van der Waals surface area contributed by atoms with Crippen LogP contribution in [0, 0.1) is 5.92 Å². The van der Waals surface area contributed by atoms with E-state index in [0.29, 0.717) is 17.0 Å². The van der Waals surface area contributed by atoms with Crippen LogP contribution < -0.4 is 10.5 Å². The molecule has 5 heteroatoms. The third kappa shape index (κ3) is 4.22. The Morgan fingerprint density at radius 3 is 2.61 bits per heavy atom. The highest BCUT2D eigenvalue weighted by Crippen LogP contribution is 2.24. The average Bonchev–Trinajstić information content (AvgIpc) is 2.28. The number of nitrogens with two attached hydrogens (primary N) is 1. The number of nitrogen functional groups attached to an aromatic ring is 1. The first-order chi connectivity index (χ1) is 8.38. The van der Waals surface area contributed by atoms with Gasteiger partial charge in [-0.1, -0.05) is 20.3 Å². The fourth-order valence-corrected chi connectivity index (χ4v) is 3.68. The van der Waals surface area contributed by atoms with E-state index in [1.165, 1.54) is 7.11 Å². The zero-order valence-corrected chi connectivity index (χ0v) is 12.0. The van der Waals surface area contributed by atoms with Crippen LogP contribution in [0.1, 0.15) is 25.8 Å². The average molecular weight is 271 g/mol. The number of rotatable bonds is 6. The summed E-state index contributed by atoms with van der Waals surface area (Å²) in [5, 5.41) is 0. The van der Waals surface area contributed by atoms with Crippen LogP contribution >= 0.6 is 0 Å². The molecule has 1 rings (SSSR count). The number of anilines is 1. The topological polar surface area (TPSA) is 69.4 Å². The van der Waals surface area contributed by atoms with E-state index in [2.05, 4.69) is 0 Å². The SMILES string of the molecule is CCC(C)CS(=O)(=O)Cc1cc(N)ccc1OC. The molecule has 102 valence electrons. The smallest absolute Gasteiger partial charge is 0.154 e. The van der Waals surface area contributed by atoms with Crippen LogP contribution in [0.4, 0.5) is 5.69 Å². The molecule has 0 saturated carbocycles. The molecule has 0 bridgehead atoms. The quantitative estimate of drug-likeness (QED) is 0.806. The maximum atomic E-state index is 12.1. The van der Waals surface area contributed by atoms with Crippen LogP contribution in [0.2, 0.25) is 0 Å². The highest BCUT2D eigenvalue weighted by atomic mass is 32.2. The number of hydrogen-bond acceptors (Lipinski definition) is 4. The molecule has 0 saturated heterocycles. The fourth-order valence-electron chi connectivity index (χ4n) is 1.76. The molecular weight excluding hydrogens is 250 g/mol. The lowest BCUT2D eigenvalue weighted by Crippen LogP contribution is -2.15. The van der Waals surface area contributed by atoms with Gasteiger partial charge in [0.05, 0.1) is 18.6 Å². The summed E-state index contributed by atoms with van der Waals surface area (Å²) < 4.78 is 29.3. The molecule has 0 fully saturated rings. The first kappa shape index (κ1) is 14.8. The van der Waals surface area contributed by atoms with E-state index in [1.807, 2.05) is 13.8 Å². The molecule has 1 aromatic rings. The molecule has 1 atom stereocenters. The van der Waals surface area contributed by atoms with E-state index in [4.69, 9.17) is 10.5 Å². The van der Waals surface area contributed by atoms with Gasteiger partial charge in [0.1, 0.15) is 5.75 Å². The monoisotopic (exact) mass is 271 g/mol. The third-order valence-electron chi connectivity index (χ3n) is 2.92. The van der Waals surface area contributed by atoms with Crippen molar-refractivity contribution >= 4 is 15.5 Å². The zero-order valence-electron chi connectivity index (χ0n) is 11.1. The van der Waals surface area contributed by atoms with E-state index >= 15 is 0 Å². The summed E-state index contributed by atoms with van der Waals surface area (Å²) in [5.74, 6) is 0.909. The van der Waals surface area contributed by atoms with Gasteiger partial charge in [0, 0.05) is 11.3 Å². The van der Waals surface area contributed by atoms with Crippen LogP contribution in [0.25, 0.3) is 0 Å². The lowest BCUT2D eigenvalue weighted by molar-refractivity contribution is 0.411. The minimum absolute atomic E-state index is 0.0223. The van der Waals surface area contributed by atoms with E-state index in [9.17, 15) is 8.42 Å². The van der Waals surface area contributed by atoms with E-state index in [0.717, 1.165) is 6.42 Å². The second-order valence-corrected chi connectivity index (χ2v) is 6.75. The van der Waals surface area contributed by atoms with E-state index in [-0.39, 0.29) is 17.4 Å². The summed E-state index contributed by atoms with van der Waals surface area (Å²) in [6, 6.07) is 5.06. The summed E-state index contributed by atoms with van der Waals surface area (Å²) in [5.41, 5.74) is 6.85. The van der Waals surface area contributed by atoms with Crippen molar-refractivity contribution in [3.8, 4) is 5.75 Å². The second-order valence-electron chi connectivity index (χ2n) is 4.64. The number of sulfone groups is 1. The van der Waals surface area contributed by atoms with Crippen LogP contribution in [-0.4, -0.2) is 21.3 Å². The standard InChI is InChI=1S/C13H21NO3S/c1-4-10(2)8-18(15,16)9-11-7-12(14)5-6-13(11)17-3/h5-7,10H,4,8-9,14H2,1-3H3. The van der Waals surface area contributed by atoms with Gasteiger partial charge in [-0.25, -0.2) is 8.42 Å². The lowest BCUT2D eigenvalue weighted by atomic mass is 10.2. The number of hydrogen-bond donors (Lipinski definition) is 1. The van der Waals surface area contributed by atoms with Gasteiger partial charge in [-0.3, -0.25) is 0 Å². The van der Waals surface area contributed by atoms with Crippen molar-refractivity contribution < 1.29 is 13.2 Å². The van der Waals surface area contributed by atoms with Gasteiger partial charge < -0.3 is 10.5 Å². The normalized spacial score (nSPS) is 13.3. The minimum atomic E-state index is -3.13. The molecule has 0 heterocycles. The highest BCUT2D eigenvalue weighted by Gasteiger charge is 2.18. The second kappa shape index (κ2) is 6.09. The molecule has 0 aliphatic heterocycles. The molecule has 0 aliphatic carbocycles. The highest BCUT2D eigenvalue weighted by molar-refractivity contribution is 7.90. The molecule has 1 aromatic carbocycles. The van der Waals surface area contributed by atoms with Crippen molar-refractivity contribution in [3.63, 3.8) is 0 Å².